The molecule has 2 aromatic carbocycles. The van der Waals surface area contributed by atoms with E-state index in [1.54, 1.807) is 11.3 Å². The summed E-state index contributed by atoms with van der Waals surface area (Å²) in [6.45, 7) is 5.05. The minimum Gasteiger partial charge on any atom is -0.360 e. The minimum atomic E-state index is -0.239. The normalized spacial score (nSPS) is 18.6. The van der Waals surface area contributed by atoms with Gasteiger partial charge in [0.1, 0.15) is 12.6 Å². The summed E-state index contributed by atoms with van der Waals surface area (Å²) in [6, 6.07) is 18.7. The minimum absolute atomic E-state index is 0.0448. The monoisotopic (exact) mass is 500 g/mol. The first-order chi connectivity index (χ1) is 17.6. The molecule has 3 heterocycles. The van der Waals surface area contributed by atoms with Gasteiger partial charge in [-0.3, -0.25) is 4.79 Å². The highest BCUT2D eigenvalue weighted by molar-refractivity contribution is 7.14. The molecule has 0 radical (unpaired) electrons. The van der Waals surface area contributed by atoms with Crippen LogP contribution in [0.2, 0.25) is 0 Å². The Balaban J connectivity index is 1.36. The number of carbonyl (C=O) groups excluding carboxylic acids is 1. The molecule has 2 saturated heterocycles. The predicted octanol–water partition coefficient (Wildman–Crippen LogP) is 4.23. The van der Waals surface area contributed by atoms with Crippen LogP contribution in [0.4, 0.5) is 10.8 Å². The van der Waals surface area contributed by atoms with Crippen LogP contribution >= 0.6 is 11.3 Å². The lowest BCUT2D eigenvalue weighted by Gasteiger charge is -2.36. The van der Waals surface area contributed by atoms with Crippen LogP contribution in [0.3, 0.4) is 0 Å². The summed E-state index contributed by atoms with van der Waals surface area (Å²) in [6.07, 6.45) is 2.88. The summed E-state index contributed by atoms with van der Waals surface area (Å²) < 4.78 is 0. The number of nitriles is 1. The van der Waals surface area contributed by atoms with Crippen LogP contribution in [0.15, 0.2) is 53.9 Å². The number of benzene rings is 2. The van der Waals surface area contributed by atoms with Gasteiger partial charge in [0.25, 0.3) is 0 Å². The Morgan fingerprint density at radius 2 is 1.81 bits per heavy atom. The highest BCUT2D eigenvalue weighted by Crippen LogP contribution is 2.33. The number of nitrogens with zero attached hydrogens (tertiary/aromatic N) is 5. The summed E-state index contributed by atoms with van der Waals surface area (Å²) in [5, 5.41) is 14.9. The molecule has 0 aliphatic carbocycles. The topological polar surface area (TPSA) is 75.5 Å². The Hall–Kier alpha value is -3.41. The smallest absolute Gasteiger partial charge is 0.243 e. The van der Waals surface area contributed by atoms with E-state index in [2.05, 4.69) is 81.0 Å². The fraction of sp³-hybridized carbons (Fsp3) is 0.393. The second-order valence-electron chi connectivity index (χ2n) is 9.52. The highest BCUT2D eigenvalue weighted by Gasteiger charge is 2.29. The molecule has 0 saturated carbocycles. The first kappa shape index (κ1) is 24.3. The summed E-state index contributed by atoms with van der Waals surface area (Å²) in [5.74, 6) is -0.0664. The lowest BCUT2D eigenvalue weighted by molar-refractivity contribution is -0.122. The van der Waals surface area contributed by atoms with Crippen molar-refractivity contribution in [2.45, 2.75) is 25.3 Å². The van der Waals surface area contributed by atoms with E-state index in [-0.39, 0.29) is 18.5 Å². The molecule has 8 heteroatoms. The summed E-state index contributed by atoms with van der Waals surface area (Å²) >= 11 is 1.72. The molecule has 3 aromatic rings. The van der Waals surface area contributed by atoms with E-state index >= 15 is 0 Å². The molecule has 1 amide bonds. The molecular weight excluding hydrogens is 468 g/mol. The zero-order valence-corrected chi connectivity index (χ0v) is 21.5. The lowest BCUT2D eigenvalue weighted by atomic mass is 9.98. The van der Waals surface area contributed by atoms with Crippen molar-refractivity contribution in [2.75, 3.05) is 56.1 Å². The Bertz CT molecular complexity index is 1240. The average Bonchev–Trinajstić information content (AvgIpc) is 3.43. The van der Waals surface area contributed by atoms with Crippen molar-refractivity contribution in [3.05, 3.63) is 53.9 Å². The number of anilines is 2. The number of likely N-dealkylation sites (N-methyl/N-ethyl adjacent to an activating group) is 1. The first-order valence-electron chi connectivity index (χ1n) is 12.6. The maximum atomic E-state index is 12.7. The zero-order chi connectivity index (χ0) is 24.9. The highest BCUT2D eigenvalue weighted by atomic mass is 32.1. The molecule has 1 aromatic heterocycles. The number of amides is 1. The number of aromatic nitrogens is 1. The van der Waals surface area contributed by atoms with Crippen LogP contribution in [-0.2, 0) is 4.79 Å². The van der Waals surface area contributed by atoms with Crippen molar-refractivity contribution in [2.24, 2.45) is 0 Å². The van der Waals surface area contributed by atoms with Crippen molar-refractivity contribution < 1.29 is 4.79 Å². The lowest BCUT2D eigenvalue weighted by Crippen LogP contribution is -2.49. The third kappa shape index (κ3) is 5.38. The number of hydrogen-bond acceptors (Lipinski definition) is 7. The van der Waals surface area contributed by atoms with Crippen molar-refractivity contribution in [1.29, 1.82) is 5.26 Å². The van der Waals surface area contributed by atoms with Gasteiger partial charge < -0.3 is 20.0 Å². The first-order valence-corrected chi connectivity index (χ1v) is 13.5. The summed E-state index contributed by atoms with van der Waals surface area (Å²) in [7, 11) is 2.17. The number of thiazole rings is 1. The van der Waals surface area contributed by atoms with Gasteiger partial charge in [-0.05, 0) is 55.6 Å². The number of nitrogens with one attached hydrogen (secondary N) is 1. The van der Waals surface area contributed by atoms with Crippen molar-refractivity contribution >= 4 is 28.1 Å². The molecule has 2 fully saturated rings. The van der Waals surface area contributed by atoms with E-state index in [1.165, 1.54) is 0 Å². The van der Waals surface area contributed by atoms with Crippen LogP contribution in [0.5, 0.6) is 0 Å². The van der Waals surface area contributed by atoms with Gasteiger partial charge in [-0.1, -0.05) is 30.3 Å². The van der Waals surface area contributed by atoms with E-state index in [9.17, 15) is 4.79 Å². The molecular formula is C28H32N6OS. The zero-order valence-electron chi connectivity index (χ0n) is 20.7. The number of piperidine rings is 1. The van der Waals surface area contributed by atoms with Crippen LogP contribution in [-0.4, -0.2) is 68.1 Å². The third-order valence-electron chi connectivity index (χ3n) is 7.08. The molecule has 1 N–H and O–H groups in total. The Labute approximate surface area is 217 Å². The molecule has 1 atom stereocenters. The Kier molecular flexibility index (Phi) is 7.49. The van der Waals surface area contributed by atoms with Gasteiger partial charge in [-0.2, -0.15) is 5.26 Å². The van der Waals surface area contributed by atoms with Gasteiger partial charge >= 0.3 is 0 Å². The summed E-state index contributed by atoms with van der Waals surface area (Å²) in [5.41, 5.74) is 5.41. The fourth-order valence-electron chi connectivity index (χ4n) is 5.02. The van der Waals surface area contributed by atoms with E-state index in [0.29, 0.717) is 0 Å². The second kappa shape index (κ2) is 11.1. The van der Waals surface area contributed by atoms with E-state index in [4.69, 9.17) is 10.2 Å². The number of carbonyl (C=O) groups is 1. The number of piperazine rings is 1. The fourth-order valence-corrected chi connectivity index (χ4v) is 5.91. The van der Waals surface area contributed by atoms with Crippen molar-refractivity contribution in [3.63, 3.8) is 0 Å². The predicted molar refractivity (Wildman–Crippen MR) is 146 cm³/mol. The molecule has 1 unspecified atom stereocenters. The summed E-state index contributed by atoms with van der Waals surface area (Å²) in [4.78, 5) is 24.6. The largest absolute Gasteiger partial charge is 0.360 e. The third-order valence-corrected chi connectivity index (χ3v) is 7.98. The standard InChI is InChI=1S/C28H32N6OS/c1-32-14-16-33(17-15-32)28-31-25(20-36-28)23-8-4-6-21(18-23)22-7-5-9-24(19-22)34-13-3-2-10-26(34)27(35)30-12-11-29/h4-9,18-20,26H,2-3,10,12-17H2,1H3,(H,30,35). The van der Waals surface area contributed by atoms with Crippen LogP contribution < -0.4 is 15.1 Å². The van der Waals surface area contributed by atoms with Crippen LogP contribution in [0, 0.1) is 11.3 Å². The molecule has 5 rings (SSSR count). The van der Waals surface area contributed by atoms with Crippen molar-refractivity contribution in [1.82, 2.24) is 15.2 Å². The van der Waals surface area contributed by atoms with E-state index < -0.39 is 0 Å². The van der Waals surface area contributed by atoms with Gasteiger partial charge in [0.2, 0.25) is 5.91 Å². The number of hydrogen-bond donors (Lipinski definition) is 1. The average molecular weight is 501 g/mol. The second-order valence-corrected chi connectivity index (χ2v) is 10.4. The van der Waals surface area contributed by atoms with E-state index in [0.717, 1.165) is 85.2 Å². The van der Waals surface area contributed by atoms with Crippen LogP contribution in [0.25, 0.3) is 22.4 Å². The molecule has 186 valence electrons. The molecule has 2 aliphatic heterocycles. The Morgan fingerprint density at radius 3 is 2.61 bits per heavy atom. The maximum Gasteiger partial charge on any atom is 0.243 e. The van der Waals surface area contributed by atoms with Gasteiger partial charge in [0.15, 0.2) is 5.13 Å². The van der Waals surface area contributed by atoms with Crippen molar-refractivity contribution in [3.8, 4) is 28.5 Å². The molecule has 36 heavy (non-hydrogen) atoms. The van der Waals surface area contributed by atoms with Gasteiger partial charge in [-0.15, -0.1) is 11.3 Å². The molecule has 2 aliphatic rings. The van der Waals surface area contributed by atoms with Crippen LogP contribution in [0.1, 0.15) is 19.3 Å². The van der Waals surface area contributed by atoms with E-state index in [1.807, 2.05) is 6.07 Å². The van der Waals surface area contributed by atoms with Gasteiger partial charge in [-0.25, -0.2) is 4.98 Å². The molecule has 0 bridgehead atoms. The van der Waals surface area contributed by atoms with Gasteiger partial charge in [0.05, 0.1) is 11.8 Å². The Morgan fingerprint density at radius 1 is 1.06 bits per heavy atom. The number of rotatable bonds is 6. The molecule has 0 spiro atoms. The molecule has 7 nitrogen and oxygen atoms in total. The SMILES string of the molecule is CN1CCN(c2nc(-c3cccc(-c4cccc(N5CCCCC5C(=O)NCC#N)c4)c3)cs2)CC1. The van der Waals surface area contributed by atoms with Gasteiger partial charge in [0, 0.05) is 49.4 Å². The maximum absolute atomic E-state index is 12.7. The quantitative estimate of drug-likeness (QED) is 0.511.